The van der Waals surface area contributed by atoms with Gasteiger partial charge in [-0.15, -0.1) is 0 Å². The smallest absolute Gasteiger partial charge is 0.326 e. The number of carboxylic acid groups (broad SMARTS) is 5. The van der Waals surface area contributed by atoms with E-state index in [9.17, 15) is 102 Å². The molecule has 0 saturated carbocycles. The van der Waals surface area contributed by atoms with E-state index in [2.05, 4.69) is 5.32 Å². The zero-order chi connectivity index (χ0) is 54.7. The molecule has 0 aliphatic heterocycles. The number of carbonyl (C=O) groups is 17. The number of hydrogen-bond donors (Lipinski definition) is 18. The number of nitrogens with one attached hydrogen (secondary N) is 9. The molecule has 71 heavy (non-hydrogen) atoms. The van der Waals surface area contributed by atoms with Crippen LogP contribution in [0.3, 0.4) is 0 Å². The van der Waals surface area contributed by atoms with Crippen molar-refractivity contribution in [1.82, 2.24) is 47.9 Å². The van der Waals surface area contributed by atoms with Crippen molar-refractivity contribution in [2.24, 2.45) is 22.9 Å². The summed E-state index contributed by atoms with van der Waals surface area (Å²) >= 11 is 0. The summed E-state index contributed by atoms with van der Waals surface area (Å²) in [6.45, 7) is -3.05. The topological polar surface area (TPSA) is 604 Å². The second-order valence-corrected chi connectivity index (χ2v) is 14.7. The standard InChI is InChI=1S/C36H53N13O22/c37-13(1-3-20(38)50)30(64)46-17(8-28(60)61)34(68)48-18(9-29(62)63)35(69)47-16(7-27(58)59)32(66)42-10-23(53)41-11-24(54)44-14(2-4-26(56)57)31(65)43-12-25(55)45-15(5-21(39)51)33(67)49-19(36(70)71)6-22(40)52/h13-19H,1-12,37H2,(H2,38,50)(H2,39,51)(H2,40,52)(H,41,53)(H,42,66)(H,43,65)(H,44,54)(H,45,55)(H,46,64)(H,47,69)(H,48,68)(H,49,67)(H,56,57)(H,58,59)(H,60,61)(H,62,63)(H,70,71)/t13-,14-,15-,16-,17-,18-,19-/m0/s1. The largest absolute Gasteiger partial charge is 0.481 e. The van der Waals surface area contributed by atoms with Gasteiger partial charge in [0.15, 0.2) is 0 Å². The van der Waals surface area contributed by atoms with Gasteiger partial charge >= 0.3 is 29.8 Å². The molecule has 0 saturated heterocycles. The quantitative estimate of drug-likeness (QED) is 0.0280. The number of carbonyl (C=O) groups excluding carboxylic acids is 12. The Morgan fingerprint density at radius 2 is 0.690 bits per heavy atom. The van der Waals surface area contributed by atoms with Crippen LogP contribution in [0.15, 0.2) is 0 Å². The molecule has 7 atom stereocenters. The van der Waals surface area contributed by atoms with Crippen LogP contribution in [0, 0.1) is 0 Å². The highest BCUT2D eigenvalue weighted by molar-refractivity contribution is 6.00. The third kappa shape index (κ3) is 27.4. The maximum absolute atomic E-state index is 13.1. The SMILES string of the molecule is NC(=O)CC[C@H](N)C(=O)N[C@@H](CC(=O)O)C(=O)N[C@@H](CC(=O)O)C(=O)N[C@@H](CC(=O)O)C(=O)NCC(=O)NCC(=O)N[C@@H](CCC(=O)O)C(=O)NCC(=O)N[C@@H](CC(N)=O)C(=O)N[C@@H](CC(N)=O)C(=O)O. The Bertz CT molecular complexity index is 2100. The Morgan fingerprint density at radius 1 is 0.338 bits per heavy atom. The van der Waals surface area contributed by atoms with E-state index in [-0.39, 0.29) is 12.8 Å². The van der Waals surface area contributed by atoms with Crippen molar-refractivity contribution >= 4 is 101 Å². The van der Waals surface area contributed by atoms with E-state index in [1.165, 1.54) is 0 Å². The molecular formula is C36H53N13O22. The van der Waals surface area contributed by atoms with E-state index in [4.69, 9.17) is 28.0 Å². The fourth-order valence-corrected chi connectivity index (χ4v) is 5.34. The van der Waals surface area contributed by atoms with Crippen LogP contribution in [0.1, 0.15) is 57.8 Å². The molecule has 12 amide bonds. The van der Waals surface area contributed by atoms with Crippen LogP contribution in [-0.2, 0) is 81.5 Å². The minimum atomic E-state index is -2.17. The first kappa shape index (κ1) is 62.0. The van der Waals surface area contributed by atoms with Crippen LogP contribution < -0.4 is 70.8 Å². The Balaban J connectivity index is 5.73. The average Bonchev–Trinajstić information content (AvgIpc) is 3.24. The summed E-state index contributed by atoms with van der Waals surface area (Å²) in [6, 6.07) is -13.2. The zero-order valence-corrected chi connectivity index (χ0v) is 37.0. The van der Waals surface area contributed by atoms with E-state index in [1.807, 2.05) is 42.5 Å². The first-order valence-corrected chi connectivity index (χ1v) is 20.2. The number of aliphatic carboxylic acids is 5. The lowest BCUT2D eigenvalue weighted by Crippen LogP contribution is -2.59. The third-order valence-corrected chi connectivity index (χ3v) is 8.74. The van der Waals surface area contributed by atoms with Crippen LogP contribution in [0.25, 0.3) is 0 Å². The monoisotopic (exact) mass is 1020 g/mol. The van der Waals surface area contributed by atoms with Gasteiger partial charge in [-0.25, -0.2) is 4.79 Å². The van der Waals surface area contributed by atoms with Gasteiger partial charge in [-0.2, -0.15) is 0 Å². The van der Waals surface area contributed by atoms with Gasteiger partial charge in [-0.3, -0.25) is 76.7 Å². The Morgan fingerprint density at radius 3 is 1.10 bits per heavy atom. The molecular weight excluding hydrogens is 966 g/mol. The number of nitrogens with two attached hydrogens (primary N) is 4. The van der Waals surface area contributed by atoms with Crippen molar-refractivity contribution in [2.45, 2.75) is 100 Å². The highest BCUT2D eigenvalue weighted by Gasteiger charge is 2.34. The number of primary amides is 3. The summed E-state index contributed by atoms with van der Waals surface area (Å²) in [4.78, 5) is 206. The Labute approximate surface area is 398 Å². The van der Waals surface area contributed by atoms with Gasteiger partial charge in [-0.1, -0.05) is 0 Å². The van der Waals surface area contributed by atoms with Gasteiger partial charge in [0.2, 0.25) is 70.9 Å². The van der Waals surface area contributed by atoms with Gasteiger partial charge in [0.05, 0.1) is 57.8 Å². The first-order chi connectivity index (χ1) is 32.9. The van der Waals surface area contributed by atoms with E-state index >= 15 is 0 Å². The van der Waals surface area contributed by atoms with Crippen molar-refractivity contribution < 1.29 is 107 Å². The number of carboxylic acids is 5. The first-order valence-electron chi connectivity index (χ1n) is 20.2. The summed E-state index contributed by atoms with van der Waals surface area (Å²) in [5.41, 5.74) is 20.7. The van der Waals surface area contributed by atoms with Crippen molar-refractivity contribution in [1.29, 1.82) is 0 Å². The number of hydrogen-bond acceptors (Lipinski definition) is 18. The minimum Gasteiger partial charge on any atom is -0.481 e. The molecule has 0 aliphatic rings. The minimum absolute atomic E-state index is 0.331. The molecule has 35 nitrogen and oxygen atoms in total. The predicted molar refractivity (Wildman–Crippen MR) is 226 cm³/mol. The van der Waals surface area contributed by atoms with Crippen molar-refractivity contribution in [3.8, 4) is 0 Å². The van der Waals surface area contributed by atoms with Crippen molar-refractivity contribution in [3.05, 3.63) is 0 Å². The summed E-state index contributed by atoms with van der Waals surface area (Å²) in [6.07, 6.45) is -7.51. The molecule has 394 valence electrons. The van der Waals surface area contributed by atoms with E-state index in [1.54, 1.807) is 0 Å². The molecule has 22 N–H and O–H groups in total. The van der Waals surface area contributed by atoms with Gasteiger partial charge in [0.1, 0.15) is 36.3 Å². The molecule has 0 radical (unpaired) electrons. The summed E-state index contributed by atoms with van der Waals surface area (Å²) in [5, 5.41) is 63.8. The highest BCUT2D eigenvalue weighted by Crippen LogP contribution is 2.04. The third-order valence-electron chi connectivity index (χ3n) is 8.74. The summed E-state index contributed by atoms with van der Waals surface area (Å²) < 4.78 is 0. The molecule has 0 fully saturated rings. The molecule has 0 bridgehead atoms. The molecule has 0 unspecified atom stereocenters. The van der Waals surface area contributed by atoms with Crippen molar-refractivity contribution in [3.63, 3.8) is 0 Å². The fourth-order valence-electron chi connectivity index (χ4n) is 5.34. The molecule has 0 aromatic carbocycles. The van der Waals surface area contributed by atoms with Crippen molar-refractivity contribution in [2.75, 3.05) is 19.6 Å². The normalized spacial score (nSPS) is 13.4. The second-order valence-electron chi connectivity index (χ2n) is 14.7. The van der Waals surface area contributed by atoms with E-state index < -0.39 is 208 Å². The second kappa shape index (κ2) is 31.1. The number of amides is 12. The maximum Gasteiger partial charge on any atom is 0.326 e. The van der Waals surface area contributed by atoms with Gasteiger partial charge in [0.25, 0.3) is 0 Å². The fraction of sp³-hybridized carbons (Fsp3) is 0.528. The highest BCUT2D eigenvalue weighted by atomic mass is 16.4. The molecule has 0 aromatic rings. The summed E-state index contributed by atoms with van der Waals surface area (Å²) in [7, 11) is 0. The van der Waals surface area contributed by atoms with Gasteiger partial charge in [0, 0.05) is 12.8 Å². The molecule has 0 aliphatic carbocycles. The van der Waals surface area contributed by atoms with Crippen LogP contribution >= 0.6 is 0 Å². The van der Waals surface area contributed by atoms with Crippen LogP contribution in [0.2, 0.25) is 0 Å². The molecule has 0 rings (SSSR count). The lowest BCUT2D eigenvalue weighted by molar-refractivity contribution is -0.144. The van der Waals surface area contributed by atoms with Crippen LogP contribution in [0.5, 0.6) is 0 Å². The average molecular weight is 1020 g/mol. The maximum atomic E-state index is 13.1. The van der Waals surface area contributed by atoms with Crippen LogP contribution in [-0.4, -0.2) is 188 Å². The Kier molecular flexibility index (Phi) is 27.1. The van der Waals surface area contributed by atoms with E-state index in [0.717, 1.165) is 0 Å². The lowest BCUT2D eigenvalue weighted by atomic mass is 10.1. The number of rotatable bonds is 35. The Hall–Kier alpha value is -9.05. The summed E-state index contributed by atoms with van der Waals surface area (Å²) in [5.74, 6) is -23.1. The van der Waals surface area contributed by atoms with E-state index in [0.29, 0.717) is 0 Å². The lowest BCUT2D eigenvalue weighted by Gasteiger charge is -2.24. The molecule has 0 heterocycles. The van der Waals surface area contributed by atoms with Gasteiger partial charge in [-0.05, 0) is 12.8 Å². The molecule has 0 spiro atoms. The zero-order valence-electron chi connectivity index (χ0n) is 37.0. The molecule has 35 heteroatoms. The van der Waals surface area contributed by atoms with Crippen LogP contribution in [0.4, 0.5) is 0 Å². The van der Waals surface area contributed by atoms with Gasteiger partial charge < -0.3 is 96.3 Å². The predicted octanol–water partition coefficient (Wildman–Crippen LogP) is -11.0. The molecule has 0 aromatic heterocycles.